The molecule has 13 heavy (non-hydrogen) atoms. The van der Waals surface area contributed by atoms with Crippen LogP contribution in [0.5, 0.6) is 0 Å². The van der Waals surface area contributed by atoms with Gasteiger partial charge >= 0.3 is 5.97 Å². The average molecular weight is 222 g/mol. The van der Waals surface area contributed by atoms with Crippen molar-refractivity contribution in [1.29, 1.82) is 0 Å². The Morgan fingerprint density at radius 1 is 1.69 bits per heavy atom. The van der Waals surface area contributed by atoms with Crippen LogP contribution in [0.3, 0.4) is 0 Å². The first-order valence-electron chi connectivity index (χ1n) is 3.60. The highest BCUT2D eigenvalue weighted by Crippen LogP contribution is 2.28. The Hall–Kier alpha value is -0.490. The van der Waals surface area contributed by atoms with Crippen molar-refractivity contribution in [2.24, 2.45) is 0 Å². The zero-order valence-corrected chi connectivity index (χ0v) is 8.94. The molecule has 6 heteroatoms. The molecule has 0 unspecified atom stereocenters. The quantitative estimate of drug-likeness (QED) is 0.639. The zero-order valence-electron chi connectivity index (χ0n) is 7.31. The van der Waals surface area contributed by atoms with Gasteiger partial charge in [-0.15, -0.1) is 11.8 Å². The van der Waals surface area contributed by atoms with Crippen LogP contribution >= 0.6 is 11.8 Å². The number of hydrogen-bond acceptors (Lipinski definition) is 5. The highest BCUT2D eigenvalue weighted by atomic mass is 32.2. The van der Waals surface area contributed by atoms with E-state index in [0.717, 1.165) is 0 Å². The van der Waals surface area contributed by atoms with E-state index in [4.69, 9.17) is 4.74 Å². The molecule has 1 aliphatic rings. The largest absolute Gasteiger partial charge is 0.456 e. The Kier molecular flexibility index (Phi) is 3.02. The SMILES string of the molecule is CSC1=CS(=O)(=O)C[C@H]1OC(C)=O. The summed E-state index contributed by atoms with van der Waals surface area (Å²) in [4.78, 5) is 11.2. The van der Waals surface area contributed by atoms with E-state index in [1.807, 2.05) is 0 Å². The molecular weight excluding hydrogens is 212 g/mol. The average Bonchev–Trinajstić information content (AvgIpc) is 2.24. The first-order valence-corrected chi connectivity index (χ1v) is 6.54. The molecule has 0 aliphatic carbocycles. The van der Waals surface area contributed by atoms with Crippen LogP contribution in [0.2, 0.25) is 0 Å². The van der Waals surface area contributed by atoms with E-state index < -0.39 is 21.9 Å². The van der Waals surface area contributed by atoms with E-state index >= 15 is 0 Å². The van der Waals surface area contributed by atoms with E-state index in [2.05, 4.69) is 0 Å². The number of esters is 1. The second-order valence-corrected chi connectivity index (χ2v) is 5.43. The highest BCUT2D eigenvalue weighted by molar-refractivity contribution is 8.04. The van der Waals surface area contributed by atoms with Crippen LogP contribution in [0.4, 0.5) is 0 Å². The molecule has 1 heterocycles. The molecule has 4 nitrogen and oxygen atoms in total. The van der Waals surface area contributed by atoms with Crippen molar-refractivity contribution in [3.05, 3.63) is 10.3 Å². The van der Waals surface area contributed by atoms with Crippen molar-refractivity contribution in [2.75, 3.05) is 12.0 Å². The van der Waals surface area contributed by atoms with Crippen molar-refractivity contribution in [2.45, 2.75) is 13.0 Å². The van der Waals surface area contributed by atoms with Gasteiger partial charge in [0.25, 0.3) is 0 Å². The minimum atomic E-state index is -3.16. The monoisotopic (exact) mass is 222 g/mol. The van der Waals surface area contributed by atoms with E-state index in [1.54, 1.807) is 6.26 Å². The third kappa shape index (κ3) is 2.73. The maximum absolute atomic E-state index is 11.1. The molecule has 0 fully saturated rings. The predicted octanol–water partition coefficient (Wildman–Crippen LogP) is 0.551. The second-order valence-electron chi connectivity index (χ2n) is 2.65. The molecule has 0 radical (unpaired) electrons. The van der Waals surface area contributed by atoms with E-state index in [9.17, 15) is 13.2 Å². The fraction of sp³-hybridized carbons (Fsp3) is 0.571. The topological polar surface area (TPSA) is 60.4 Å². The summed E-state index contributed by atoms with van der Waals surface area (Å²) in [5.41, 5.74) is 0. The third-order valence-corrected chi connectivity index (χ3v) is 3.92. The van der Waals surface area contributed by atoms with Crippen LogP contribution in [-0.4, -0.2) is 32.5 Å². The van der Waals surface area contributed by atoms with Gasteiger partial charge in [0.15, 0.2) is 9.84 Å². The molecule has 0 saturated heterocycles. The molecule has 0 aromatic heterocycles. The van der Waals surface area contributed by atoms with Crippen LogP contribution in [0.25, 0.3) is 0 Å². The molecule has 0 aromatic rings. The molecule has 0 spiro atoms. The summed E-state index contributed by atoms with van der Waals surface area (Å²) in [6, 6.07) is 0. The van der Waals surface area contributed by atoms with Gasteiger partial charge in [-0.2, -0.15) is 0 Å². The van der Waals surface area contributed by atoms with Gasteiger partial charge in [0, 0.05) is 17.2 Å². The van der Waals surface area contributed by atoms with Gasteiger partial charge in [-0.25, -0.2) is 8.42 Å². The summed E-state index contributed by atoms with van der Waals surface area (Å²) in [5, 5.41) is 1.17. The van der Waals surface area contributed by atoms with Gasteiger partial charge in [0.05, 0.1) is 5.75 Å². The number of carbonyl (C=O) groups excluding carboxylic acids is 1. The zero-order chi connectivity index (χ0) is 10.1. The normalized spacial score (nSPS) is 25.4. The number of sulfone groups is 1. The van der Waals surface area contributed by atoms with Crippen LogP contribution in [-0.2, 0) is 19.4 Å². The van der Waals surface area contributed by atoms with Gasteiger partial charge in [-0.3, -0.25) is 4.79 Å². The lowest BCUT2D eigenvalue weighted by molar-refractivity contribution is -0.143. The Morgan fingerprint density at radius 3 is 2.77 bits per heavy atom. The lowest BCUT2D eigenvalue weighted by atomic mass is 10.4. The fourth-order valence-corrected chi connectivity index (χ4v) is 3.66. The number of carbonyl (C=O) groups is 1. The van der Waals surface area contributed by atoms with Crippen molar-refractivity contribution in [3.63, 3.8) is 0 Å². The first kappa shape index (κ1) is 10.6. The summed E-state index contributed by atoms with van der Waals surface area (Å²) in [5.74, 6) is -0.579. The van der Waals surface area contributed by atoms with Gasteiger partial charge in [0.1, 0.15) is 6.10 Å². The molecule has 74 valence electrons. The molecule has 0 amide bonds. The summed E-state index contributed by atoms with van der Waals surface area (Å²) < 4.78 is 27.1. The highest BCUT2D eigenvalue weighted by Gasteiger charge is 2.31. The number of ether oxygens (including phenoxy) is 1. The van der Waals surface area contributed by atoms with Crippen LogP contribution in [0.1, 0.15) is 6.92 Å². The molecule has 1 rings (SSSR count). The van der Waals surface area contributed by atoms with Crippen molar-refractivity contribution in [3.8, 4) is 0 Å². The lowest BCUT2D eigenvalue weighted by Gasteiger charge is -2.11. The molecule has 0 aromatic carbocycles. The minimum Gasteiger partial charge on any atom is -0.456 e. The Bertz CT molecular complexity index is 342. The third-order valence-electron chi connectivity index (χ3n) is 1.54. The minimum absolute atomic E-state index is 0.122. The molecule has 1 aliphatic heterocycles. The Balaban J connectivity index is 2.81. The van der Waals surface area contributed by atoms with Crippen LogP contribution < -0.4 is 0 Å². The van der Waals surface area contributed by atoms with Gasteiger partial charge in [0.2, 0.25) is 0 Å². The van der Waals surface area contributed by atoms with E-state index in [1.165, 1.54) is 24.1 Å². The van der Waals surface area contributed by atoms with Gasteiger partial charge in [-0.1, -0.05) is 0 Å². The first-order chi connectivity index (χ1) is 5.94. The van der Waals surface area contributed by atoms with Crippen LogP contribution in [0.15, 0.2) is 10.3 Å². The maximum Gasteiger partial charge on any atom is 0.303 e. The lowest BCUT2D eigenvalue weighted by Crippen LogP contribution is -2.20. The standard InChI is InChI=1S/C7H10O4S2/c1-5(8)11-6-3-13(9,10)4-7(6)12-2/h4,6H,3H2,1-2H3/t6-/m1/s1. The van der Waals surface area contributed by atoms with Crippen molar-refractivity contribution < 1.29 is 17.9 Å². The molecule has 1 atom stereocenters. The molecule has 0 N–H and O–H groups in total. The number of rotatable bonds is 2. The molecule has 0 saturated carbocycles. The summed E-state index contributed by atoms with van der Waals surface area (Å²) in [6.07, 6.45) is 1.15. The Labute approximate surface area is 81.3 Å². The molecule has 0 bridgehead atoms. The fourth-order valence-electron chi connectivity index (χ4n) is 1.07. The van der Waals surface area contributed by atoms with Crippen molar-refractivity contribution >= 4 is 27.6 Å². The summed E-state index contributed by atoms with van der Waals surface area (Å²) >= 11 is 1.29. The smallest absolute Gasteiger partial charge is 0.303 e. The van der Waals surface area contributed by atoms with E-state index in [0.29, 0.717) is 4.91 Å². The number of thioether (sulfide) groups is 1. The Morgan fingerprint density at radius 2 is 2.31 bits per heavy atom. The molecular formula is C7H10O4S2. The van der Waals surface area contributed by atoms with Gasteiger partial charge < -0.3 is 4.74 Å². The predicted molar refractivity (Wildman–Crippen MR) is 50.9 cm³/mol. The van der Waals surface area contributed by atoms with E-state index in [-0.39, 0.29) is 5.75 Å². The number of hydrogen-bond donors (Lipinski definition) is 0. The summed E-state index contributed by atoms with van der Waals surface area (Å²) in [7, 11) is -3.16. The van der Waals surface area contributed by atoms with Crippen LogP contribution in [0, 0.1) is 0 Å². The van der Waals surface area contributed by atoms with Gasteiger partial charge in [-0.05, 0) is 6.26 Å². The second kappa shape index (κ2) is 3.71. The summed E-state index contributed by atoms with van der Waals surface area (Å²) in [6.45, 7) is 1.27. The van der Waals surface area contributed by atoms with Crippen molar-refractivity contribution in [1.82, 2.24) is 0 Å². The maximum atomic E-state index is 11.1.